The molecule has 1 fully saturated rings. The van der Waals surface area contributed by atoms with Gasteiger partial charge in [0, 0.05) is 27.7 Å². The second-order valence-corrected chi connectivity index (χ2v) is 6.53. The number of hydrogen-bond donors (Lipinski definition) is 1. The number of carbonyl (C=O) groups is 1. The highest BCUT2D eigenvalue weighted by molar-refractivity contribution is 14.1. The Labute approximate surface area is 130 Å². The largest absolute Gasteiger partial charge is 0.333 e. The molecule has 2 rings (SSSR count). The lowest BCUT2D eigenvalue weighted by molar-refractivity contribution is 0.0615. The zero-order valence-electron chi connectivity index (χ0n) is 10.2. The van der Waals surface area contributed by atoms with Crippen LogP contribution < -0.4 is 5.32 Å². The van der Waals surface area contributed by atoms with Crippen molar-refractivity contribution in [2.75, 3.05) is 19.6 Å². The smallest absolute Gasteiger partial charge is 0.255 e. The summed E-state index contributed by atoms with van der Waals surface area (Å²) in [5.74, 6) is 0.133. The molecule has 3 nitrogen and oxygen atoms in total. The minimum absolute atomic E-state index is 0.133. The fourth-order valence-electron chi connectivity index (χ4n) is 2.00. The van der Waals surface area contributed by atoms with Crippen LogP contribution in [0, 0.1) is 3.57 Å². The summed E-state index contributed by atoms with van der Waals surface area (Å²) in [5, 5.41) is 3.23. The lowest BCUT2D eigenvalue weighted by atomic mass is 10.1. The second-order valence-electron chi connectivity index (χ2n) is 4.43. The Bertz CT molecular complexity index is 449. The number of benzene rings is 1. The van der Waals surface area contributed by atoms with Gasteiger partial charge in [0.05, 0.1) is 11.6 Å². The highest BCUT2D eigenvalue weighted by Gasteiger charge is 2.29. The average Bonchev–Trinajstić information content (AvgIpc) is 2.28. The van der Waals surface area contributed by atoms with E-state index in [2.05, 4.69) is 50.8 Å². The third kappa shape index (κ3) is 3.05. The van der Waals surface area contributed by atoms with Crippen LogP contribution in [0.15, 0.2) is 22.7 Å². The van der Waals surface area contributed by atoms with Crippen molar-refractivity contribution < 1.29 is 4.79 Å². The number of nitrogens with one attached hydrogen (secondary N) is 1. The maximum Gasteiger partial charge on any atom is 0.255 e. The topological polar surface area (TPSA) is 32.3 Å². The SMILES string of the molecule is CCCN(C(=O)c1cc(I)ccc1Br)C1CNC1. The number of rotatable bonds is 4. The fourth-order valence-corrected chi connectivity index (χ4v) is 2.91. The van der Waals surface area contributed by atoms with Gasteiger partial charge in [0.2, 0.25) is 0 Å². The summed E-state index contributed by atoms with van der Waals surface area (Å²) in [7, 11) is 0. The third-order valence-corrected chi connectivity index (χ3v) is 4.45. The van der Waals surface area contributed by atoms with Crippen LogP contribution in [0.4, 0.5) is 0 Å². The van der Waals surface area contributed by atoms with E-state index in [9.17, 15) is 4.79 Å². The molecule has 98 valence electrons. The molecule has 1 aliphatic heterocycles. The first-order valence-electron chi connectivity index (χ1n) is 6.10. The molecule has 1 aliphatic rings. The predicted octanol–water partition coefficient (Wildman–Crippen LogP) is 2.88. The summed E-state index contributed by atoms with van der Waals surface area (Å²) < 4.78 is 1.96. The van der Waals surface area contributed by atoms with Gasteiger partial charge in [-0.05, 0) is 63.1 Å². The Morgan fingerprint density at radius 1 is 1.56 bits per heavy atom. The van der Waals surface area contributed by atoms with Crippen molar-refractivity contribution in [3.8, 4) is 0 Å². The number of carbonyl (C=O) groups excluding carboxylic acids is 1. The Morgan fingerprint density at radius 3 is 2.83 bits per heavy atom. The van der Waals surface area contributed by atoms with Crippen molar-refractivity contribution >= 4 is 44.4 Å². The summed E-state index contributed by atoms with van der Waals surface area (Å²) in [6.45, 7) is 4.75. The highest BCUT2D eigenvalue weighted by atomic mass is 127. The predicted molar refractivity (Wildman–Crippen MR) is 84.8 cm³/mol. The second kappa shape index (κ2) is 6.34. The first kappa shape index (κ1) is 14.3. The van der Waals surface area contributed by atoms with E-state index < -0.39 is 0 Å². The van der Waals surface area contributed by atoms with Crippen LogP contribution in [0.2, 0.25) is 0 Å². The molecule has 5 heteroatoms. The molecule has 1 heterocycles. The molecule has 1 N–H and O–H groups in total. The molecule has 0 bridgehead atoms. The number of hydrogen-bond acceptors (Lipinski definition) is 2. The summed E-state index contributed by atoms with van der Waals surface area (Å²) >= 11 is 5.71. The van der Waals surface area contributed by atoms with Crippen molar-refractivity contribution in [1.29, 1.82) is 0 Å². The molecule has 0 unspecified atom stereocenters. The van der Waals surface area contributed by atoms with E-state index in [1.54, 1.807) is 0 Å². The summed E-state index contributed by atoms with van der Waals surface area (Å²) in [6.07, 6.45) is 0.990. The molecular weight excluding hydrogens is 407 g/mol. The quantitative estimate of drug-likeness (QED) is 0.756. The summed E-state index contributed by atoms with van der Waals surface area (Å²) in [4.78, 5) is 14.6. The van der Waals surface area contributed by atoms with E-state index >= 15 is 0 Å². The van der Waals surface area contributed by atoms with E-state index in [-0.39, 0.29) is 5.91 Å². The molecule has 0 aromatic heterocycles. The van der Waals surface area contributed by atoms with E-state index in [0.29, 0.717) is 6.04 Å². The molecule has 0 atom stereocenters. The van der Waals surface area contributed by atoms with Crippen LogP contribution in [0.3, 0.4) is 0 Å². The molecule has 0 spiro atoms. The third-order valence-electron chi connectivity index (χ3n) is 3.08. The number of nitrogens with zero attached hydrogens (tertiary/aromatic N) is 1. The Morgan fingerprint density at radius 2 is 2.28 bits per heavy atom. The van der Waals surface area contributed by atoms with Crippen LogP contribution in [0.1, 0.15) is 23.7 Å². The van der Waals surface area contributed by atoms with E-state index in [1.807, 2.05) is 23.1 Å². The maximum absolute atomic E-state index is 12.6. The monoisotopic (exact) mass is 422 g/mol. The zero-order valence-corrected chi connectivity index (χ0v) is 14.0. The van der Waals surface area contributed by atoms with Gasteiger partial charge in [0.25, 0.3) is 5.91 Å². The van der Waals surface area contributed by atoms with Crippen LogP contribution in [0.25, 0.3) is 0 Å². The molecule has 1 amide bonds. The van der Waals surface area contributed by atoms with E-state index in [1.165, 1.54) is 0 Å². The maximum atomic E-state index is 12.6. The first-order valence-corrected chi connectivity index (χ1v) is 7.97. The lowest BCUT2D eigenvalue weighted by Crippen LogP contribution is -2.59. The van der Waals surface area contributed by atoms with Crippen molar-refractivity contribution in [1.82, 2.24) is 10.2 Å². The van der Waals surface area contributed by atoms with Gasteiger partial charge in [-0.1, -0.05) is 6.92 Å². The normalized spacial score (nSPS) is 15.3. The Kier molecular flexibility index (Phi) is 5.03. The minimum Gasteiger partial charge on any atom is -0.333 e. The Balaban J connectivity index is 2.23. The number of amides is 1. The minimum atomic E-state index is 0.133. The highest BCUT2D eigenvalue weighted by Crippen LogP contribution is 2.22. The standard InChI is InChI=1S/C13H16BrIN2O/c1-2-5-17(10-7-16-8-10)13(18)11-6-9(15)3-4-12(11)14/h3-4,6,10,16H,2,5,7-8H2,1H3. The fraction of sp³-hybridized carbons (Fsp3) is 0.462. The molecule has 0 saturated carbocycles. The average molecular weight is 423 g/mol. The lowest BCUT2D eigenvalue weighted by Gasteiger charge is -2.38. The van der Waals surface area contributed by atoms with Crippen molar-refractivity contribution in [3.05, 3.63) is 31.8 Å². The van der Waals surface area contributed by atoms with Crippen molar-refractivity contribution in [2.24, 2.45) is 0 Å². The molecule has 1 aromatic carbocycles. The van der Waals surface area contributed by atoms with Gasteiger partial charge in [-0.15, -0.1) is 0 Å². The van der Waals surface area contributed by atoms with E-state index in [4.69, 9.17) is 0 Å². The first-order chi connectivity index (χ1) is 8.63. The Hall–Kier alpha value is -0.140. The van der Waals surface area contributed by atoms with Gasteiger partial charge < -0.3 is 10.2 Å². The molecule has 0 radical (unpaired) electrons. The molecule has 18 heavy (non-hydrogen) atoms. The van der Waals surface area contributed by atoms with Gasteiger partial charge in [0.1, 0.15) is 0 Å². The van der Waals surface area contributed by atoms with Crippen LogP contribution in [-0.4, -0.2) is 36.5 Å². The van der Waals surface area contributed by atoms with Crippen LogP contribution in [0.5, 0.6) is 0 Å². The summed E-state index contributed by atoms with van der Waals surface area (Å²) in [6, 6.07) is 6.23. The van der Waals surface area contributed by atoms with Crippen molar-refractivity contribution in [3.63, 3.8) is 0 Å². The van der Waals surface area contributed by atoms with Crippen LogP contribution >= 0.6 is 38.5 Å². The molecule has 1 saturated heterocycles. The van der Waals surface area contributed by atoms with Gasteiger partial charge >= 0.3 is 0 Å². The molecule has 0 aliphatic carbocycles. The van der Waals surface area contributed by atoms with Gasteiger partial charge in [0.15, 0.2) is 0 Å². The summed E-state index contributed by atoms with van der Waals surface area (Å²) in [5.41, 5.74) is 0.766. The molecular formula is C13H16BrIN2O. The zero-order chi connectivity index (χ0) is 13.1. The van der Waals surface area contributed by atoms with Crippen LogP contribution in [-0.2, 0) is 0 Å². The van der Waals surface area contributed by atoms with Gasteiger partial charge in [-0.3, -0.25) is 4.79 Å². The van der Waals surface area contributed by atoms with E-state index in [0.717, 1.165) is 39.7 Å². The van der Waals surface area contributed by atoms with Gasteiger partial charge in [-0.2, -0.15) is 0 Å². The van der Waals surface area contributed by atoms with Gasteiger partial charge in [-0.25, -0.2) is 0 Å². The molecule has 1 aromatic rings. The van der Waals surface area contributed by atoms with Crippen molar-refractivity contribution in [2.45, 2.75) is 19.4 Å². The number of halogens is 2.